The Balaban J connectivity index is 2.11. The molecule has 1 atom stereocenters. The largest absolute Gasteiger partial charge is 0.357 e. The Hall–Kier alpha value is -2.43. The molecule has 5 nitrogen and oxygen atoms in total. The summed E-state index contributed by atoms with van der Waals surface area (Å²) in [4.78, 5) is 23.2. The minimum atomic E-state index is -0.178. The van der Waals surface area contributed by atoms with Crippen LogP contribution in [0.3, 0.4) is 0 Å². The molecule has 0 saturated heterocycles. The van der Waals surface area contributed by atoms with Crippen LogP contribution < -0.4 is 10.2 Å². The van der Waals surface area contributed by atoms with Gasteiger partial charge in [-0.3, -0.25) is 4.79 Å². The van der Waals surface area contributed by atoms with Gasteiger partial charge < -0.3 is 10.2 Å². The fourth-order valence-electron chi connectivity index (χ4n) is 2.62. The predicted molar refractivity (Wildman–Crippen MR) is 97.2 cm³/mol. The van der Waals surface area contributed by atoms with Gasteiger partial charge in [-0.1, -0.05) is 44.2 Å². The fraction of sp³-hybridized carbons (Fsp3) is 0.421. The number of aromatic nitrogens is 2. The molecule has 1 aromatic heterocycles. The first-order valence-corrected chi connectivity index (χ1v) is 8.58. The Morgan fingerprint density at radius 2 is 1.79 bits per heavy atom. The summed E-state index contributed by atoms with van der Waals surface area (Å²) in [7, 11) is 0. The molecule has 1 aromatic carbocycles. The summed E-state index contributed by atoms with van der Waals surface area (Å²) in [6, 6.07) is 11.6. The van der Waals surface area contributed by atoms with E-state index in [9.17, 15) is 4.79 Å². The van der Waals surface area contributed by atoms with E-state index in [1.807, 2.05) is 37.3 Å². The third-order valence-electron chi connectivity index (χ3n) is 3.84. The summed E-state index contributed by atoms with van der Waals surface area (Å²) in [5.41, 5.74) is 1.47. The lowest BCUT2D eigenvalue weighted by atomic mass is 10.1. The van der Waals surface area contributed by atoms with Crippen LogP contribution in [0.5, 0.6) is 0 Å². The average Bonchev–Trinajstić information content (AvgIpc) is 2.62. The standard InChI is InChI=1S/C19H26N4O/c1-4-11-23(12-5-2)18-13-17(20-14-21-18)19(24)22-15(3)16-9-7-6-8-10-16/h6-10,13-15H,4-5,11-12H2,1-3H3,(H,22,24). The van der Waals surface area contributed by atoms with Crippen molar-refractivity contribution in [2.75, 3.05) is 18.0 Å². The van der Waals surface area contributed by atoms with Crippen molar-refractivity contribution in [2.45, 2.75) is 39.7 Å². The molecule has 0 aliphatic heterocycles. The van der Waals surface area contributed by atoms with E-state index in [-0.39, 0.29) is 11.9 Å². The SMILES string of the molecule is CCCN(CCC)c1cc(C(=O)NC(C)c2ccccc2)ncn1. The van der Waals surface area contributed by atoms with Gasteiger partial charge in [0.05, 0.1) is 6.04 Å². The molecule has 24 heavy (non-hydrogen) atoms. The Bertz CT molecular complexity index is 639. The number of carbonyl (C=O) groups excluding carboxylic acids is 1. The number of benzene rings is 1. The van der Waals surface area contributed by atoms with Crippen molar-refractivity contribution in [2.24, 2.45) is 0 Å². The smallest absolute Gasteiger partial charge is 0.270 e. The summed E-state index contributed by atoms with van der Waals surface area (Å²) in [5, 5.41) is 2.99. The average molecular weight is 326 g/mol. The summed E-state index contributed by atoms with van der Waals surface area (Å²) >= 11 is 0. The lowest BCUT2D eigenvalue weighted by Gasteiger charge is -2.22. The van der Waals surface area contributed by atoms with E-state index in [0.29, 0.717) is 5.69 Å². The highest BCUT2D eigenvalue weighted by atomic mass is 16.1. The van der Waals surface area contributed by atoms with Gasteiger partial charge in [-0.2, -0.15) is 0 Å². The second-order valence-corrected chi connectivity index (χ2v) is 5.85. The Kier molecular flexibility index (Phi) is 6.73. The molecule has 0 fully saturated rings. The lowest BCUT2D eigenvalue weighted by Crippen LogP contribution is -2.29. The van der Waals surface area contributed by atoms with Crippen molar-refractivity contribution in [3.05, 3.63) is 54.0 Å². The van der Waals surface area contributed by atoms with Crippen LogP contribution in [0.15, 0.2) is 42.7 Å². The van der Waals surface area contributed by atoms with Gasteiger partial charge >= 0.3 is 0 Å². The van der Waals surface area contributed by atoms with Crippen LogP contribution in [0, 0.1) is 0 Å². The first-order valence-electron chi connectivity index (χ1n) is 8.58. The summed E-state index contributed by atoms with van der Waals surface area (Å²) in [6.07, 6.45) is 3.54. The lowest BCUT2D eigenvalue weighted by molar-refractivity contribution is 0.0934. The van der Waals surface area contributed by atoms with E-state index in [4.69, 9.17) is 0 Å². The molecule has 0 radical (unpaired) electrons. The molecule has 1 N–H and O–H groups in total. The van der Waals surface area contributed by atoms with Crippen molar-refractivity contribution in [1.29, 1.82) is 0 Å². The van der Waals surface area contributed by atoms with Crippen molar-refractivity contribution in [3.8, 4) is 0 Å². The summed E-state index contributed by atoms with van der Waals surface area (Å²) in [5.74, 6) is 0.633. The van der Waals surface area contributed by atoms with Crippen LogP contribution in [0.25, 0.3) is 0 Å². The first-order chi connectivity index (χ1) is 11.7. The van der Waals surface area contributed by atoms with Gasteiger partial charge in [-0.05, 0) is 25.3 Å². The number of hydrogen-bond donors (Lipinski definition) is 1. The van der Waals surface area contributed by atoms with Crippen molar-refractivity contribution < 1.29 is 4.79 Å². The molecular formula is C19H26N4O. The Morgan fingerprint density at radius 3 is 2.42 bits per heavy atom. The number of anilines is 1. The number of carbonyl (C=O) groups is 1. The van der Waals surface area contributed by atoms with E-state index >= 15 is 0 Å². The summed E-state index contributed by atoms with van der Waals surface area (Å²) in [6.45, 7) is 8.09. The maximum Gasteiger partial charge on any atom is 0.270 e. The van der Waals surface area contributed by atoms with Gasteiger partial charge in [-0.25, -0.2) is 9.97 Å². The normalized spacial score (nSPS) is 11.8. The maximum absolute atomic E-state index is 12.5. The highest BCUT2D eigenvalue weighted by molar-refractivity contribution is 5.93. The zero-order valence-corrected chi connectivity index (χ0v) is 14.7. The van der Waals surface area contributed by atoms with Gasteiger partial charge in [0.25, 0.3) is 5.91 Å². The molecule has 1 heterocycles. The molecule has 0 aliphatic rings. The zero-order chi connectivity index (χ0) is 17.4. The summed E-state index contributed by atoms with van der Waals surface area (Å²) < 4.78 is 0. The van der Waals surface area contributed by atoms with Gasteiger partial charge in [0.15, 0.2) is 0 Å². The second-order valence-electron chi connectivity index (χ2n) is 5.85. The number of amides is 1. The van der Waals surface area contributed by atoms with Gasteiger partial charge in [0.1, 0.15) is 17.8 Å². The van der Waals surface area contributed by atoms with Crippen LogP contribution in [-0.4, -0.2) is 29.0 Å². The van der Waals surface area contributed by atoms with Crippen molar-refractivity contribution >= 4 is 11.7 Å². The van der Waals surface area contributed by atoms with Gasteiger partial charge in [-0.15, -0.1) is 0 Å². The fourth-order valence-corrected chi connectivity index (χ4v) is 2.62. The molecule has 0 spiro atoms. The van der Waals surface area contributed by atoms with Crippen LogP contribution in [0.4, 0.5) is 5.82 Å². The van der Waals surface area contributed by atoms with Crippen LogP contribution in [0.2, 0.25) is 0 Å². The molecule has 0 aliphatic carbocycles. The number of rotatable bonds is 8. The number of nitrogens with one attached hydrogen (secondary N) is 1. The van der Waals surface area contributed by atoms with Gasteiger partial charge in [0, 0.05) is 19.2 Å². The third-order valence-corrected chi connectivity index (χ3v) is 3.84. The highest BCUT2D eigenvalue weighted by Crippen LogP contribution is 2.15. The third kappa shape index (κ3) is 4.78. The molecule has 1 amide bonds. The molecule has 5 heteroatoms. The first kappa shape index (κ1) is 17.9. The zero-order valence-electron chi connectivity index (χ0n) is 14.7. The maximum atomic E-state index is 12.5. The van der Waals surface area contributed by atoms with E-state index in [2.05, 4.69) is 34.0 Å². The van der Waals surface area contributed by atoms with Gasteiger partial charge in [0.2, 0.25) is 0 Å². The molecule has 2 aromatic rings. The second kappa shape index (κ2) is 9.01. The quantitative estimate of drug-likeness (QED) is 0.805. The number of nitrogens with zero attached hydrogens (tertiary/aromatic N) is 3. The minimum Gasteiger partial charge on any atom is -0.357 e. The predicted octanol–water partition coefficient (Wildman–Crippen LogP) is 3.59. The molecule has 2 rings (SSSR count). The molecule has 0 bridgehead atoms. The molecule has 0 saturated carbocycles. The molecule has 1 unspecified atom stereocenters. The van der Waals surface area contributed by atoms with Crippen molar-refractivity contribution in [1.82, 2.24) is 15.3 Å². The van der Waals surface area contributed by atoms with E-state index < -0.39 is 0 Å². The highest BCUT2D eigenvalue weighted by Gasteiger charge is 2.15. The van der Waals surface area contributed by atoms with Crippen LogP contribution >= 0.6 is 0 Å². The number of hydrogen-bond acceptors (Lipinski definition) is 4. The van der Waals surface area contributed by atoms with E-state index in [0.717, 1.165) is 37.3 Å². The molecule has 128 valence electrons. The van der Waals surface area contributed by atoms with Crippen molar-refractivity contribution in [3.63, 3.8) is 0 Å². The van der Waals surface area contributed by atoms with E-state index in [1.165, 1.54) is 6.33 Å². The van der Waals surface area contributed by atoms with Crippen LogP contribution in [0.1, 0.15) is 55.7 Å². The topological polar surface area (TPSA) is 58.1 Å². The minimum absolute atomic E-state index is 0.0699. The molecular weight excluding hydrogens is 300 g/mol. The Labute approximate surface area is 144 Å². The Morgan fingerprint density at radius 1 is 1.12 bits per heavy atom. The van der Waals surface area contributed by atoms with Crippen LogP contribution in [-0.2, 0) is 0 Å². The monoisotopic (exact) mass is 326 g/mol. The van der Waals surface area contributed by atoms with E-state index in [1.54, 1.807) is 6.07 Å².